The fourth-order valence-corrected chi connectivity index (χ4v) is 1.36. The SMILES string of the molecule is N#Cc1ccc(NCCCCCO)cc1F. The van der Waals surface area contributed by atoms with Gasteiger partial charge in [-0.3, -0.25) is 0 Å². The van der Waals surface area contributed by atoms with E-state index in [1.165, 1.54) is 12.1 Å². The van der Waals surface area contributed by atoms with Gasteiger partial charge < -0.3 is 10.4 Å². The van der Waals surface area contributed by atoms with Gasteiger partial charge in [0.2, 0.25) is 0 Å². The molecule has 0 radical (unpaired) electrons. The molecule has 0 aromatic heterocycles. The number of hydrogen-bond acceptors (Lipinski definition) is 3. The molecule has 0 fully saturated rings. The number of unbranched alkanes of at least 4 members (excludes halogenated alkanes) is 2. The second-order valence-electron chi connectivity index (χ2n) is 3.52. The Bertz CT molecular complexity index is 374. The van der Waals surface area contributed by atoms with E-state index in [-0.39, 0.29) is 12.2 Å². The Morgan fingerprint density at radius 2 is 2.12 bits per heavy atom. The molecule has 4 heteroatoms. The highest BCUT2D eigenvalue weighted by Crippen LogP contribution is 2.13. The summed E-state index contributed by atoms with van der Waals surface area (Å²) in [5.41, 5.74) is 0.742. The second kappa shape index (κ2) is 6.81. The fourth-order valence-electron chi connectivity index (χ4n) is 1.36. The monoisotopic (exact) mass is 222 g/mol. The molecule has 1 aromatic rings. The Hall–Kier alpha value is -1.60. The number of nitrogens with zero attached hydrogens (tertiary/aromatic N) is 1. The van der Waals surface area contributed by atoms with Crippen molar-refractivity contribution in [2.24, 2.45) is 0 Å². The van der Waals surface area contributed by atoms with E-state index < -0.39 is 5.82 Å². The number of nitrogens with one attached hydrogen (secondary N) is 1. The van der Waals surface area contributed by atoms with Gasteiger partial charge in [0.15, 0.2) is 0 Å². The van der Waals surface area contributed by atoms with Gasteiger partial charge in [0.05, 0.1) is 5.56 Å². The van der Waals surface area contributed by atoms with Crippen LogP contribution in [0.15, 0.2) is 18.2 Å². The molecule has 3 nitrogen and oxygen atoms in total. The van der Waals surface area contributed by atoms with Crippen LogP contribution in [0.5, 0.6) is 0 Å². The first-order valence-corrected chi connectivity index (χ1v) is 5.32. The number of aliphatic hydroxyl groups is 1. The first-order chi connectivity index (χ1) is 7.77. The lowest BCUT2D eigenvalue weighted by Gasteiger charge is -2.06. The zero-order valence-corrected chi connectivity index (χ0v) is 9.04. The van der Waals surface area contributed by atoms with Gasteiger partial charge in [-0.15, -0.1) is 0 Å². The number of hydrogen-bond donors (Lipinski definition) is 2. The smallest absolute Gasteiger partial charge is 0.143 e. The minimum atomic E-state index is -0.497. The zero-order chi connectivity index (χ0) is 11.8. The molecule has 0 aliphatic carbocycles. The van der Waals surface area contributed by atoms with Crippen molar-refractivity contribution >= 4 is 5.69 Å². The molecule has 0 saturated carbocycles. The Balaban J connectivity index is 2.38. The van der Waals surface area contributed by atoms with E-state index in [9.17, 15) is 4.39 Å². The fraction of sp³-hybridized carbons (Fsp3) is 0.417. The number of anilines is 1. The third-order valence-electron chi connectivity index (χ3n) is 2.25. The summed E-state index contributed by atoms with van der Waals surface area (Å²) in [4.78, 5) is 0. The van der Waals surface area contributed by atoms with Crippen LogP contribution in [0.4, 0.5) is 10.1 Å². The molecule has 0 aliphatic rings. The molecular weight excluding hydrogens is 207 g/mol. The first-order valence-electron chi connectivity index (χ1n) is 5.32. The largest absolute Gasteiger partial charge is 0.396 e. The van der Waals surface area contributed by atoms with Crippen LogP contribution in [0.3, 0.4) is 0 Å². The second-order valence-corrected chi connectivity index (χ2v) is 3.52. The summed E-state index contributed by atoms with van der Waals surface area (Å²) in [7, 11) is 0. The minimum Gasteiger partial charge on any atom is -0.396 e. The van der Waals surface area contributed by atoms with Crippen molar-refractivity contribution in [3.63, 3.8) is 0 Å². The maximum atomic E-state index is 13.2. The number of rotatable bonds is 6. The van der Waals surface area contributed by atoms with E-state index in [0.29, 0.717) is 5.69 Å². The summed E-state index contributed by atoms with van der Waals surface area (Å²) in [6.07, 6.45) is 2.67. The predicted molar refractivity (Wildman–Crippen MR) is 60.5 cm³/mol. The molecule has 0 aliphatic heterocycles. The summed E-state index contributed by atoms with van der Waals surface area (Å²) in [6.45, 7) is 0.955. The van der Waals surface area contributed by atoms with Crippen molar-refractivity contribution in [1.82, 2.24) is 0 Å². The van der Waals surface area contributed by atoms with Crippen molar-refractivity contribution in [1.29, 1.82) is 5.26 Å². The molecule has 16 heavy (non-hydrogen) atoms. The highest BCUT2D eigenvalue weighted by molar-refractivity contribution is 5.47. The molecular formula is C12H15FN2O. The van der Waals surface area contributed by atoms with E-state index in [1.54, 1.807) is 12.1 Å². The van der Waals surface area contributed by atoms with E-state index in [2.05, 4.69) is 5.32 Å². The molecule has 0 amide bonds. The van der Waals surface area contributed by atoms with E-state index in [1.807, 2.05) is 0 Å². The lowest BCUT2D eigenvalue weighted by Crippen LogP contribution is -2.02. The van der Waals surface area contributed by atoms with Crippen LogP contribution < -0.4 is 5.32 Å². The van der Waals surface area contributed by atoms with Gasteiger partial charge in [0.25, 0.3) is 0 Å². The quantitative estimate of drug-likeness (QED) is 0.726. The summed E-state index contributed by atoms with van der Waals surface area (Å²) >= 11 is 0. The van der Waals surface area contributed by atoms with Crippen LogP contribution in [0.25, 0.3) is 0 Å². The van der Waals surface area contributed by atoms with E-state index >= 15 is 0 Å². The third-order valence-corrected chi connectivity index (χ3v) is 2.25. The number of aliphatic hydroxyl groups excluding tert-OH is 1. The molecule has 0 saturated heterocycles. The normalized spacial score (nSPS) is 9.81. The van der Waals surface area contributed by atoms with Crippen LogP contribution in [0.1, 0.15) is 24.8 Å². The third kappa shape index (κ3) is 3.87. The minimum absolute atomic E-state index is 0.0610. The topological polar surface area (TPSA) is 56.0 Å². The molecule has 0 atom stereocenters. The van der Waals surface area contributed by atoms with Gasteiger partial charge in [-0.25, -0.2) is 4.39 Å². The van der Waals surface area contributed by atoms with Gasteiger partial charge >= 0.3 is 0 Å². The molecule has 2 N–H and O–H groups in total. The zero-order valence-electron chi connectivity index (χ0n) is 9.04. The maximum Gasteiger partial charge on any atom is 0.143 e. The summed E-state index contributed by atoms with van der Waals surface area (Å²) in [6, 6.07) is 6.25. The molecule has 0 spiro atoms. The average molecular weight is 222 g/mol. The van der Waals surface area contributed by atoms with Gasteiger partial charge in [0.1, 0.15) is 11.9 Å². The standard InChI is InChI=1S/C12H15FN2O/c13-12-8-11(5-4-10(12)9-14)15-6-2-1-3-7-16/h4-5,8,15-16H,1-3,6-7H2. The van der Waals surface area contributed by atoms with Crippen molar-refractivity contribution in [2.45, 2.75) is 19.3 Å². The molecule has 0 bridgehead atoms. The van der Waals surface area contributed by atoms with E-state index in [0.717, 1.165) is 25.8 Å². The Morgan fingerprint density at radius 1 is 1.31 bits per heavy atom. The van der Waals surface area contributed by atoms with Crippen molar-refractivity contribution in [3.8, 4) is 6.07 Å². The molecule has 0 unspecified atom stereocenters. The Morgan fingerprint density at radius 3 is 2.75 bits per heavy atom. The Kier molecular flexibility index (Phi) is 5.30. The van der Waals surface area contributed by atoms with Crippen LogP contribution >= 0.6 is 0 Å². The highest BCUT2D eigenvalue weighted by atomic mass is 19.1. The number of benzene rings is 1. The lowest BCUT2D eigenvalue weighted by molar-refractivity contribution is 0.283. The van der Waals surface area contributed by atoms with Crippen molar-refractivity contribution in [2.75, 3.05) is 18.5 Å². The first kappa shape index (κ1) is 12.5. The molecule has 1 aromatic carbocycles. The highest BCUT2D eigenvalue weighted by Gasteiger charge is 2.01. The van der Waals surface area contributed by atoms with Gasteiger partial charge in [-0.05, 0) is 37.5 Å². The summed E-state index contributed by atoms with van der Waals surface area (Å²) in [5.74, 6) is -0.497. The molecule has 86 valence electrons. The average Bonchev–Trinajstić information content (AvgIpc) is 2.29. The van der Waals surface area contributed by atoms with Crippen LogP contribution in [0.2, 0.25) is 0 Å². The lowest BCUT2D eigenvalue weighted by atomic mass is 10.2. The number of nitriles is 1. The van der Waals surface area contributed by atoms with Crippen LogP contribution in [0, 0.1) is 17.1 Å². The molecule has 1 rings (SSSR count). The van der Waals surface area contributed by atoms with Crippen LogP contribution in [-0.4, -0.2) is 18.3 Å². The van der Waals surface area contributed by atoms with Crippen molar-refractivity contribution in [3.05, 3.63) is 29.6 Å². The Labute approximate surface area is 94.5 Å². The number of halogens is 1. The predicted octanol–water partition coefficient (Wildman–Crippen LogP) is 2.27. The van der Waals surface area contributed by atoms with Crippen molar-refractivity contribution < 1.29 is 9.50 Å². The van der Waals surface area contributed by atoms with Gasteiger partial charge in [0, 0.05) is 18.8 Å². The summed E-state index contributed by atoms with van der Waals surface area (Å²) < 4.78 is 13.2. The molecule has 0 heterocycles. The summed E-state index contributed by atoms with van der Waals surface area (Å²) in [5, 5.41) is 20.2. The van der Waals surface area contributed by atoms with Crippen LogP contribution in [-0.2, 0) is 0 Å². The van der Waals surface area contributed by atoms with Gasteiger partial charge in [-0.1, -0.05) is 0 Å². The van der Waals surface area contributed by atoms with E-state index in [4.69, 9.17) is 10.4 Å². The maximum absolute atomic E-state index is 13.2. The van der Waals surface area contributed by atoms with Gasteiger partial charge in [-0.2, -0.15) is 5.26 Å².